The molecular formula is C12H13ClN2O2S. The molecule has 4 nitrogen and oxygen atoms in total. The van der Waals surface area contributed by atoms with E-state index in [1.807, 2.05) is 0 Å². The van der Waals surface area contributed by atoms with Gasteiger partial charge in [-0.3, -0.25) is 4.79 Å². The third-order valence-electron chi connectivity index (χ3n) is 2.87. The van der Waals surface area contributed by atoms with Gasteiger partial charge < -0.3 is 15.4 Å². The minimum Gasteiger partial charge on any atom is -0.480 e. The van der Waals surface area contributed by atoms with Crippen molar-refractivity contribution in [3.05, 3.63) is 28.8 Å². The van der Waals surface area contributed by atoms with E-state index < -0.39 is 6.10 Å². The number of nitrogens with zero attached hydrogens (tertiary/aromatic N) is 1. The van der Waals surface area contributed by atoms with Crippen molar-refractivity contribution in [2.45, 2.75) is 12.5 Å². The van der Waals surface area contributed by atoms with Crippen LogP contribution in [0.15, 0.2) is 18.2 Å². The number of thiocarbonyl (C=S) groups is 1. The zero-order valence-electron chi connectivity index (χ0n) is 9.85. The molecular weight excluding hydrogens is 272 g/mol. The molecule has 0 spiro atoms. The number of amides is 1. The lowest BCUT2D eigenvalue weighted by molar-refractivity contribution is -0.132. The summed E-state index contributed by atoms with van der Waals surface area (Å²) in [7, 11) is 1.75. The van der Waals surface area contributed by atoms with Gasteiger partial charge in [0.05, 0.1) is 10.6 Å². The van der Waals surface area contributed by atoms with Gasteiger partial charge in [0.25, 0.3) is 5.91 Å². The molecule has 1 heterocycles. The summed E-state index contributed by atoms with van der Waals surface area (Å²) in [6.45, 7) is 0.687. The summed E-state index contributed by atoms with van der Waals surface area (Å²) in [5.74, 6) is 0.424. The summed E-state index contributed by atoms with van der Waals surface area (Å²) in [4.78, 5) is 13.6. The highest BCUT2D eigenvalue weighted by Gasteiger charge is 2.31. The normalized spacial score (nSPS) is 19.1. The monoisotopic (exact) mass is 284 g/mol. The first-order chi connectivity index (χ1) is 8.50. The number of benzene rings is 1. The van der Waals surface area contributed by atoms with E-state index in [2.05, 4.69) is 0 Å². The molecule has 18 heavy (non-hydrogen) atoms. The van der Waals surface area contributed by atoms with Crippen molar-refractivity contribution in [3.8, 4) is 5.75 Å². The van der Waals surface area contributed by atoms with E-state index in [9.17, 15) is 4.79 Å². The number of carbonyl (C=O) groups excluding carboxylic acids is 1. The lowest BCUT2D eigenvalue weighted by Crippen LogP contribution is -2.30. The number of rotatable bonds is 3. The number of ether oxygens (including phenoxy) is 1. The molecule has 1 atom stereocenters. The molecule has 2 N–H and O–H groups in total. The van der Waals surface area contributed by atoms with Gasteiger partial charge in [-0.15, -0.1) is 0 Å². The largest absolute Gasteiger partial charge is 0.480 e. The lowest BCUT2D eigenvalue weighted by Gasteiger charge is -2.16. The number of hydrogen-bond acceptors (Lipinski definition) is 3. The number of likely N-dealkylation sites (tertiary alicyclic amines) is 1. The summed E-state index contributed by atoms with van der Waals surface area (Å²) in [6.07, 6.45) is 0.167. The Kier molecular flexibility index (Phi) is 3.73. The van der Waals surface area contributed by atoms with Gasteiger partial charge in [-0.25, -0.2) is 0 Å². The molecule has 96 valence electrons. The van der Waals surface area contributed by atoms with Crippen LogP contribution in [0.3, 0.4) is 0 Å². The highest BCUT2D eigenvalue weighted by Crippen LogP contribution is 2.28. The molecule has 1 aromatic carbocycles. The second-order valence-corrected chi connectivity index (χ2v) is 4.98. The SMILES string of the molecule is CN1CCC(Oc2cccc(Cl)c2C(N)=S)C1=O. The topological polar surface area (TPSA) is 55.6 Å². The zero-order chi connectivity index (χ0) is 13.3. The number of nitrogens with two attached hydrogens (primary N) is 1. The average Bonchev–Trinajstić information content (AvgIpc) is 2.60. The second kappa shape index (κ2) is 5.12. The Morgan fingerprint density at radius 2 is 2.33 bits per heavy atom. The fraction of sp³-hybridized carbons (Fsp3) is 0.333. The van der Waals surface area contributed by atoms with E-state index in [1.165, 1.54) is 0 Å². The molecule has 1 unspecified atom stereocenters. The van der Waals surface area contributed by atoms with Crippen molar-refractivity contribution in [1.29, 1.82) is 0 Å². The number of likely N-dealkylation sites (N-methyl/N-ethyl adjacent to an activating group) is 1. The molecule has 1 aliphatic heterocycles. The van der Waals surface area contributed by atoms with Crippen LogP contribution in [0.1, 0.15) is 12.0 Å². The van der Waals surface area contributed by atoms with Gasteiger partial charge in [0.15, 0.2) is 6.10 Å². The van der Waals surface area contributed by atoms with Crippen molar-refractivity contribution in [3.63, 3.8) is 0 Å². The second-order valence-electron chi connectivity index (χ2n) is 4.13. The Bertz CT molecular complexity index is 507. The maximum absolute atomic E-state index is 11.8. The Labute approximate surface area is 116 Å². The predicted octanol–water partition coefficient (Wildman–Crippen LogP) is 1.58. The van der Waals surface area contributed by atoms with Crippen molar-refractivity contribution in [2.24, 2.45) is 5.73 Å². The van der Waals surface area contributed by atoms with Crippen LogP contribution in [0.25, 0.3) is 0 Å². The third kappa shape index (κ3) is 2.42. The van der Waals surface area contributed by atoms with Gasteiger partial charge in [-0.05, 0) is 12.1 Å². The van der Waals surface area contributed by atoms with Crippen molar-refractivity contribution in [2.75, 3.05) is 13.6 Å². The Hall–Kier alpha value is -1.33. The Balaban J connectivity index is 2.27. The minimum atomic E-state index is -0.485. The van der Waals surface area contributed by atoms with Crippen LogP contribution in [-0.4, -0.2) is 35.5 Å². The highest BCUT2D eigenvalue weighted by atomic mass is 35.5. The molecule has 0 saturated carbocycles. The van der Waals surface area contributed by atoms with E-state index >= 15 is 0 Å². The predicted molar refractivity (Wildman–Crippen MR) is 74.0 cm³/mol. The maximum Gasteiger partial charge on any atom is 0.263 e. The third-order valence-corrected chi connectivity index (χ3v) is 3.39. The summed E-state index contributed by atoms with van der Waals surface area (Å²) in [6, 6.07) is 5.14. The molecule has 1 saturated heterocycles. The van der Waals surface area contributed by atoms with E-state index in [-0.39, 0.29) is 10.9 Å². The van der Waals surface area contributed by atoms with E-state index in [0.717, 1.165) is 0 Å². The number of hydrogen-bond donors (Lipinski definition) is 1. The average molecular weight is 285 g/mol. The fourth-order valence-electron chi connectivity index (χ4n) is 1.89. The first kappa shape index (κ1) is 13.1. The molecule has 0 aromatic heterocycles. The molecule has 0 aliphatic carbocycles. The molecule has 6 heteroatoms. The van der Waals surface area contributed by atoms with Crippen molar-refractivity contribution in [1.82, 2.24) is 4.90 Å². The van der Waals surface area contributed by atoms with Gasteiger partial charge in [-0.2, -0.15) is 0 Å². The Morgan fingerprint density at radius 1 is 1.61 bits per heavy atom. The standard InChI is InChI=1S/C12H13ClN2O2S/c1-15-6-5-9(12(15)16)17-8-4-2-3-7(13)10(8)11(14)18/h2-4,9H,5-6H2,1H3,(H2,14,18). The molecule has 0 radical (unpaired) electrons. The van der Waals surface area contributed by atoms with Gasteiger partial charge in [0, 0.05) is 20.0 Å². The Morgan fingerprint density at radius 3 is 2.89 bits per heavy atom. The van der Waals surface area contributed by atoms with Gasteiger partial charge in [0.1, 0.15) is 10.7 Å². The van der Waals surface area contributed by atoms with Crippen molar-refractivity contribution >= 4 is 34.7 Å². The first-order valence-electron chi connectivity index (χ1n) is 5.50. The molecule has 1 aliphatic rings. The highest BCUT2D eigenvalue weighted by molar-refractivity contribution is 7.80. The van der Waals surface area contributed by atoms with E-state index in [1.54, 1.807) is 30.1 Å². The van der Waals surface area contributed by atoms with Crippen LogP contribution in [0.5, 0.6) is 5.75 Å². The van der Waals surface area contributed by atoms with E-state index in [4.69, 9.17) is 34.3 Å². The number of halogens is 1. The summed E-state index contributed by atoms with van der Waals surface area (Å²) >= 11 is 11.0. The van der Waals surface area contributed by atoms with Crippen LogP contribution in [0.4, 0.5) is 0 Å². The van der Waals surface area contributed by atoms with Crippen LogP contribution in [0, 0.1) is 0 Å². The summed E-state index contributed by atoms with van der Waals surface area (Å²) in [5, 5.41) is 0.429. The van der Waals surface area contributed by atoms with Crippen LogP contribution in [0.2, 0.25) is 5.02 Å². The molecule has 1 aromatic rings. The van der Waals surface area contributed by atoms with Gasteiger partial charge in [-0.1, -0.05) is 29.9 Å². The molecule has 1 fully saturated rings. The summed E-state index contributed by atoms with van der Waals surface area (Å²) < 4.78 is 5.69. The van der Waals surface area contributed by atoms with Gasteiger partial charge in [0.2, 0.25) is 0 Å². The lowest BCUT2D eigenvalue weighted by atomic mass is 10.2. The van der Waals surface area contributed by atoms with Crippen LogP contribution in [-0.2, 0) is 4.79 Å². The van der Waals surface area contributed by atoms with Crippen LogP contribution >= 0.6 is 23.8 Å². The first-order valence-corrected chi connectivity index (χ1v) is 6.29. The van der Waals surface area contributed by atoms with Gasteiger partial charge >= 0.3 is 0 Å². The fourth-order valence-corrected chi connectivity index (χ4v) is 2.43. The number of carbonyl (C=O) groups is 1. The van der Waals surface area contributed by atoms with E-state index in [0.29, 0.717) is 29.3 Å². The maximum atomic E-state index is 11.8. The zero-order valence-corrected chi connectivity index (χ0v) is 11.4. The smallest absolute Gasteiger partial charge is 0.263 e. The minimum absolute atomic E-state index is 0.0381. The van der Waals surface area contributed by atoms with Crippen LogP contribution < -0.4 is 10.5 Å². The van der Waals surface area contributed by atoms with Crippen molar-refractivity contribution < 1.29 is 9.53 Å². The summed E-state index contributed by atoms with van der Waals surface area (Å²) in [5.41, 5.74) is 6.11. The molecule has 0 bridgehead atoms. The molecule has 2 rings (SSSR count). The molecule has 1 amide bonds. The quantitative estimate of drug-likeness (QED) is 0.857.